The molecular formula is C5H8ClNO. The maximum absolute atomic E-state index is 10.3. The molecule has 0 aromatic rings. The van der Waals surface area contributed by atoms with Gasteiger partial charge in [0, 0.05) is 0 Å². The molecule has 2 nitrogen and oxygen atoms in total. The van der Waals surface area contributed by atoms with Crippen molar-refractivity contribution in [1.29, 1.82) is 0 Å². The van der Waals surface area contributed by atoms with Crippen molar-refractivity contribution >= 4 is 16.8 Å². The van der Waals surface area contributed by atoms with Gasteiger partial charge in [-0.1, -0.05) is 0 Å². The van der Waals surface area contributed by atoms with Crippen LogP contribution >= 0.6 is 11.6 Å². The van der Waals surface area contributed by atoms with E-state index in [9.17, 15) is 4.79 Å². The van der Waals surface area contributed by atoms with Crippen LogP contribution in [0.3, 0.4) is 0 Å². The van der Waals surface area contributed by atoms with Gasteiger partial charge in [-0.2, -0.15) is 0 Å². The largest absolute Gasteiger partial charge is 0.320 e. The highest BCUT2D eigenvalue weighted by Gasteiger charge is 2.32. The zero-order valence-electron chi connectivity index (χ0n) is 4.43. The average molecular weight is 134 g/mol. The summed E-state index contributed by atoms with van der Waals surface area (Å²) in [5, 5.41) is -0.396. The summed E-state index contributed by atoms with van der Waals surface area (Å²) in [7, 11) is 0. The molecule has 3 heteroatoms. The Morgan fingerprint density at radius 2 is 2.25 bits per heavy atom. The van der Waals surface area contributed by atoms with Crippen molar-refractivity contribution in [3.8, 4) is 0 Å². The molecule has 1 aliphatic carbocycles. The molecule has 1 aliphatic rings. The lowest BCUT2D eigenvalue weighted by molar-refractivity contribution is -0.113. The number of hydrogen-bond acceptors (Lipinski definition) is 2. The summed E-state index contributed by atoms with van der Waals surface area (Å²) >= 11 is 5.10. The summed E-state index contributed by atoms with van der Waals surface area (Å²) in [6, 6.07) is -0.392. The van der Waals surface area contributed by atoms with Gasteiger partial charge in [-0.05, 0) is 30.4 Å². The molecule has 0 bridgehead atoms. The fraction of sp³-hybridized carbons (Fsp3) is 0.800. The Morgan fingerprint density at radius 1 is 1.75 bits per heavy atom. The first kappa shape index (κ1) is 6.05. The van der Waals surface area contributed by atoms with Crippen molar-refractivity contribution in [2.45, 2.75) is 18.9 Å². The third kappa shape index (κ3) is 1.20. The first-order chi connectivity index (χ1) is 3.72. The fourth-order valence-corrected chi connectivity index (χ4v) is 0.819. The van der Waals surface area contributed by atoms with Crippen molar-refractivity contribution in [2.75, 3.05) is 0 Å². The Bertz CT molecular complexity index is 111. The minimum atomic E-state index is -0.396. The number of hydrogen-bond donors (Lipinski definition) is 1. The van der Waals surface area contributed by atoms with Crippen LogP contribution in [0.15, 0.2) is 0 Å². The van der Waals surface area contributed by atoms with Gasteiger partial charge in [0.2, 0.25) is 5.24 Å². The van der Waals surface area contributed by atoms with E-state index in [2.05, 4.69) is 0 Å². The Kier molecular flexibility index (Phi) is 1.54. The van der Waals surface area contributed by atoms with Gasteiger partial charge in [0.15, 0.2) is 0 Å². The average Bonchev–Trinajstić information content (AvgIpc) is 2.43. The summed E-state index contributed by atoms with van der Waals surface area (Å²) in [5.74, 6) is 0.389. The van der Waals surface area contributed by atoms with Crippen molar-refractivity contribution < 1.29 is 4.79 Å². The highest BCUT2D eigenvalue weighted by atomic mass is 35.5. The molecule has 1 rings (SSSR count). The molecule has 0 heterocycles. The van der Waals surface area contributed by atoms with Crippen molar-refractivity contribution in [3.63, 3.8) is 0 Å². The smallest absolute Gasteiger partial charge is 0.238 e. The third-order valence-electron chi connectivity index (χ3n) is 1.39. The van der Waals surface area contributed by atoms with Crippen molar-refractivity contribution in [2.24, 2.45) is 11.7 Å². The lowest BCUT2D eigenvalue weighted by Gasteiger charge is -1.99. The molecule has 1 atom stereocenters. The summed E-state index contributed by atoms with van der Waals surface area (Å²) in [5.41, 5.74) is 5.34. The summed E-state index contributed by atoms with van der Waals surface area (Å²) in [6.07, 6.45) is 2.14. The van der Waals surface area contributed by atoms with E-state index in [-0.39, 0.29) is 0 Å². The van der Waals surface area contributed by atoms with Gasteiger partial charge in [0.1, 0.15) is 0 Å². The number of nitrogens with two attached hydrogens (primary N) is 1. The van der Waals surface area contributed by atoms with E-state index >= 15 is 0 Å². The SMILES string of the molecule is N[C@@H](C(=O)Cl)C1CC1. The number of carbonyl (C=O) groups is 1. The lowest BCUT2D eigenvalue weighted by Crippen LogP contribution is -2.28. The topological polar surface area (TPSA) is 43.1 Å². The van der Waals surface area contributed by atoms with Gasteiger partial charge >= 0.3 is 0 Å². The normalized spacial score (nSPS) is 22.8. The summed E-state index contributed by atoms with van der Waals surface area (Å²) in [6.45, 7) is 0. The van der Waals surface area contributed by atoms with Crippen LogP contribution in [0, 0.1) is 5.92 Å². The second kappa shape index (κ2) is 2.03. The monoisotopic (exact) mass is 133 g/mol. The maximum atomic E-state index is 10.3. The van der Waals surface area contributed by atoms with Crippen LogP contribution < -0.4 is 5.73 Å². The molecule has 0 aromatic carbocycles. The zero-order chi connectivity index (χ0) is 6.15. The molecule has 0 aromatic heterocycles. The predicted molar refractivity (Wildman–Crippen MR) is 31.6 cm³/mol. The van der Waals surface area contributed by atoms with Crippen molar-refractivity contribution in [3.05, 3.63) is 0 Å². The summed E-state index contributed by atoms with van der Waals surface area (Å²) in [4.78, 5) is 10.3. The van der Waals surface area contributed by atoms with Crippen LogP contribution in [0.2, 0.25) is 0 Å². The van der Waals surface area contributed by atoms with E-state index in [0.29, 0.717) is 5.92 Å². The second-order valence-corrected chi connectivity index (χ2v) is 2.54. The van der Waals surface area contributed by atoms with E-state index < -0.39 is 11.3 Å². The molecule has 0 radical (unpaired) electrons. The predicted octanol–water partition coefficient (Wildman–Crippen LogP) is 0.489. The number of rotatable bonds is 2. The van der Waals surface area contributed by atoms with Crippen LogP contribution in [0.4, 0.5) is 0 Å². The van der Waals surface area contributed by atoms with Crippen LogP contribution in [0.25, 0.3) is 0 Å². The van der Waals surface area contributed by atoms with Gasteiger partial charge in [-0.15, -0.1) is 0 Å². The van der Waals surface area contributed by atoms with E-state index in [1.807, 2.05) is 0 Å². The van der Waals surface area contributed by atoms with Gasteiger partial charge < -0.3 is 5.73 Å². The van der Waals surface area contributed by atoms with E-state index in [0.717, 1.165) is 12.8 Å². The molecule has 0 saturated heterocycles. The second-order valence-electron chi connectivity index (χ2n) is 2.17. The molecule has 46 valence electrons. The standard InChI is InChI=1S/C5H8ClNO/c6-5(8)4(7)3-1-2-3/h3-4H,1-2,7H2/t4-/m1/s1. The molecule has 0 spiro atoms. The van der Waals surface area contributed by atoms with Crippen LogP contribution in [0.5, 0.6) is 0 Å². The van der Waals surface area contributed by atoms with Crippen LogP contribution in [-0.2, 0) is 4.79 Å². The molecule has 0 aliphatic heterocycles. The quantitative estimate of drug-likeness (QED) is 0.557. The van der Waals surface area contributed by atoms with E-state index in [4.69, 9.17) is 17.3 Å². The fourth-order valence-electron chi connectivity index (χ4n) is 0.641. The van der Waals surface area contributed by atoms with E-state index in [1.54, 1.807) is 0 Å². The molecule has 2 N–H and O–H groups in total. The molecule has 8 heavy (non-hydrogen) atoms. The van der Waals surface area contributed by atoms with Gasteiger partial charge in [0.25, 0.3) is 0 Å². The Hall–Kier alpha value is -0.0800. The maximum Gasteiger partial charge on any atom is 0.238 e. The number of halogens is 1. The van der Waals surface area contributed by atoms with E-state index in [1.165, 1.54) is 0 Å². The molecule has 0 amide bonds. The molecule has 1 saturated carbocycles. The highest BCUT2D eigenvalue weighted by Crippen LogP contribution is 2.32. The molecule has 1 fully saturated rings. The first-order valence-corrected chi connectivity index (χ1v) is 3.04. The molecular weight excluding hydrogens is 126 g/mol. The molecule has 0 unspecified atom stereocenters. The van der Waals surface area contributed by atoms with Crippen molar-refractivity contribution in [1.82, 2.24) is 0 Å². The highest BCUT2D eigenvalue weighted by molar-refractivity contribution is 6.64. The van der Waals surface area contributed by atoms with Gasteiger partial charge in [-0.25, -0.2) is 0 Å². The van der Waals surface area contributed by atoms with Gasteiger partial charge in [0.05, 0.1) is 6.04 Å². The number of carbonyl (C=O) groups excluding carboxylic acids is 1. The first-order valence-electron chi connectivity index (χ1n) is 2.66. The van der Waals surface area contributed by atoms with Crippen LogP contribution in [-0.4, -0.2) is 11.3 Å². The lowest BCUT2D eigenvalue weighted by atomic mass is 10.2. The minimum absolute atomic E-state index is 0.389. The third-order valence-corrected chi connectivity index (χ3v) is 1.64. The zero-order valence-corrected chi connectivity index (χ0v) is 5.19. The Labute approximate surface area is 53.0 Å². The summed E-state index contributed by atoms with van der Waals surface area (Å²) < 4.78 is 0. The minimum Gasteiger partial charge on any atom is -0.320 e. The van der Waals surface area contributed by atoms with Crippen LogP contribution in [0.1, 0.15) is 12.8 Å². The Morgan fingerprint density at radius 3 is 2.38 bits per heavy atom. The van der Waals surface area contributed by atoms with Gasteiger partial charge in [-0.3, -0.25) is 4.79 Å². The Balaban J connectivity index is 2.32.